The summed E-state index contributed by atoms with van der Waals surface area (Å²) in [6.07, 6.45) is 0.167. The second-order valence-electron chi connectivity index (χ2n) is 3.46. The number of benzene rings is 1. The van der Waals surface area contributed by atoms with Gasteiger partial charge in [0.05, 0.1) is 13.2 Å². The molecule has 0 aliphatic carbocycles. The first kappa shape index (κ1) is 13.2. The summed E-state index contributed by atoms with van der Waals surface area (Å²) < 4.78 is 5.29. The molecule has 0 heterocycles. The van der Waals surface area contributed by atoms with Crippen molar-refractivity contribution >= 4 is 11.9 Å². The van der Waals surface area contributed by atoms with Gasteiger partial charge in [0.1, 0.15) is 6.54 Å². The lowest BCUT2D eigenvalue weighted by Crippen LogP contribution is -2.29. The van der Waals surface area contributed by atoms with E-state index >= 15 is 0 Å². The van der Waals surface area contributed by atoms with E-state index in [0.29, 0.717) is 6.61 Å². The fraction of sp³-hybridized carbons (Fsp3) is 0.333. The SMILES string of the molecule is O=C(O)CNC(=O)CCOCc1ccccc1. The molecule has 1 rings (SSSR count). The Morgan fingerprint density at radius 1 is 1.24 bits per heavy atom. The summed E-state index contributed by atoms with van der Waals surface area (Å²) in [5, 5.41) is 10.6. The molecule has 0 radical (unpaired) electrons. The van der Waals surface area contributed by atoms with Crippen LogP contribution < -0.4 is 5.32 Å². The fourth-order valence-corrected chi connectivity index (χ4v) is 1.19. The Kier molecular flexibility index (Phi) is 5.74. The predicted molar refractivity (Wildman–Crippen MR) is 61.4 cm³/mol. The molecule has 1 amide bonds. The zero-order chi connectivity index (χ0) is 12.5. The quantitative estimate of drug-likeness (QED) is 0.687. The minimum absolute atomic E-state index is 0.167. The number of carbonyl (C=O) groups is 2. The van der Waals surface area contributed by atoms with E-state index in [1.165, 1.54) is 0 Å². The van der Waals surface area contributed by atoms with Crippen molar-refractivity contribution in [1.29, 1.82) is 0 Å². The standard InChI is InChI=1S/C12H15NO4/c14-11(13-8-12(15)16)6-7-17-9-10-4-2-1-3-5-10/h1-5H,6-9H2,(H,13,14)(H,15,16). The van der Waals surface area contributed by atoms with Crippen LogP contribution in [0.2, 0.25) is 0 Å². The molecule has 5 heteroatoms. The van der Waals surface area contributed by atoms with Gasteiger partial charge in [-0.1, -0.05) is 30.3 Å². The largest absolute Gasteiger partial charge is 0.480 e. The van der Waals surface area contributed by atoms with Crippen LogP contribution in [0.5, 0.6) is 0 Å². The van der Waals surface area contributed by atoms with Gasteiger partial charge >= 0.3 is 5.97 Å². The number of nitrogens with one attached hydrogen (secondary N) is 1. The van der Waals surface area contributed by atoms with Crippen LogP contribution in [0.3, 0.4) is 0 Å². The van der Waals surface area contributed by atoms with E-state index in [4.69, 9.17) is 9.84 Å². The molecule has 0 saturated carbocycles. The molecule has 0 saturated heterocycles. The number of amides is 1. The molecule has 0 aliphatic rings. The molecule has 1 aromatic carbocycles. The van der Waals surface area contributed by atoms with Crippen molar-refractivity contribution in [3.63, 3.8) is 0 Å². The van der Waals surface area contributed by atoms with E-state index in [1.807, 2.05) is 30.3 Å². The zero-order valence-corrected chi connectivity index (χ0v) is 9.39. The number of hydrogen-bond donors (Lipinski definition) is 2. The minimum atomic E-state index is -1.05. The molecule has 0 aromatic heterocycles. The number of ether oxygens (including phenoxy) is 1. The van der Waals surface area contributed by atoms with Gasteiger partial charge < -0.3 is 15.2 Å². The molecule has 0 spiro atoms. The van der Waals surface area contributed by atoms with E-state index in [0.717, 1.165) is 5.56 Å². The lowest BCUT2D eigenvalue weighted by molar-refractivity contribution is -0.138. The number of hydrogen-bond acceptors (Lipinski definition) is 3. The van der Waals surface area contributed by atoms with Crippen LogP contribution in [0.25, 0.3) is 0 Å². The summed E-state index contributed by atoms with van der Waals surface area (Å²) in [5.74, 6) is -1.37. The van der Waals surface area contributed by atoms with E-state index in [9.17, 15) is 9.59 Å². The Labute approximate surface area is 99.4 Å². The van der Waals surface area contributed by atoms with Crippen molar-refractivity contribution < 1.29 is 19.4 Å². The Morgan fingerprint density at radius 3 is 2.59 bits per heavy atom. The summed E-state index contributed by atoms with van der Waals surface area (Å²) in [7, 11) is 0. The molecule has 0 fully saturated rings. The molecular formula is C12H15NO4. The third-order valence-corrected chi connectivity index (χ3v) is 2.02. The summed E-state index contributed by atoms with van der Waals surface area (Å²) in [5.41, 5.74) is 1.04. The Bertz CT molecular complexity index is 364. The first-order valence-electron chi connectivity index (χ1n) is 5.28. The van der Waals surface area contributed by atoms with Gasteiger partial charge in [0.2, 0.25) is 5.91 Å². The van der Waals surface area contributed by atoms with Crippen LogP contribution in [-0.2, 0) is 20.9 Å². The monoisotopic (exact) mass is 237 g/mol. The zero-order valence-electron chi connectivity index (χ0n) is 9.39. The molecule has 2 N–H and O–H groups in total. The molecule has 0 unspecified atom stereocenters. The van der Waals surface area contributed by atoms with Crippen molar-refractivity contribution in [2.75, 3.05) is 13.2 Å². The second-order valence-corrected chi connectivity index (χ2v) is 3.46. The van der Waals surface area contributed by atoms with Crippen LogP contribution in [-0.4, -0.2) is 30.1 Å². The number of aliphatic carboxylic acids is 1. The maximum atomic E-state index is 11.1. The maximum Gasteiger partial charge on any atom is 0.322 e. The van der Waals surface area contributed by atoms with Crippen molar-refractivity contribution in [3.8, 4) is 0 Å². The first-order valence-corrected chi connectivity index (χ1v) is 5.28. The third kappa shape index (κ3) is 6.32. The summed E-state index contributed by atoms with van der Waals surface area (Å²) in [6, 6.07) is 9.62. The highest BCUT2D eigenvalue weighted by Crippen LogP contribution is 2.00. The maximum absolute atomic E-state index is 11.1. The van der Waals surface area contributed by atoms with E-state index in [-0.39, 0.29) is 25.5 Å². The Morgan fingerprint density at radius 2 is 1.94 bits per heavy atom. The average molecular weight is 237 g/mol. The molecular weight excluding hydrogens is 222 g/mol. The second kappa shape index (κ2) is 7.40. The van der Waals surface area contributed by atoms with Crippen LogP contribution in [0.15, 0.2) is 30.3 Å². The first-order chi connectivity index (χ1) is 8.18. The molecule has 92 valence electrons. The van der Waals surface area contributed by atoms with Crippen molar-refractivity contribution in [2.45, 2.75) is 13.0 Å². The van der Waals surface area contributed by atoms with Crippen LogP contribution in [0, 0.1) is 0 Å². The van der Waals surface area contributed by atoms with Gasteiger partial charge in [0.15, 0.2) is 0 Å². The van der Waals surface area contributed by atoms with Crippen molar-refractivity contribution in [3.05, 3.63) is 35.9 Å². The highest BCUT2D eigenvalue weighted by atomic mass is 16.5. The lowest BCUT2D eigenvalue weighted by Gasteiger charge is -2.04. The number of carbonyl (C=O) groups excluding carboxylic acids is 1. The van der Waals surface area contributed by atoms with Gasteiger partial charge in [-0.05, 0) is 5.56 Å². The van der Waals surface area contributed by atoms with Crippen LogP contribution in [0.4, 0.5) is 0 Å². The summed E-state index contributed by atoms with van der Waals surface area (Å²) in [4.78, 5) is 21.3. The van der Waals surface area contributed by atoms with E-state index < -0.39 is 5.97 Å². The normalized spacial score (nSPS) is 9.88. The summed E-state index contributed by atoms with van der Waals surface area (Å²) in [6.45, 7) is 0.380. The van der Waals surface area contributed by atoms with Gasteiger partial charge in [0.25, 0.3) is 0 Å². The van der Waals surface area contributed by atoms with Crippen molar-refractivity contribution in [2.24, 2.45) is 0 Å². The third-order valence-electron chi connectivity index (χ3n) is 2.02. The minimum Gasteiger partial charge on any atom is -0.480 e. The fourth-order valence-electron chi connectivity index (χ4n) is 1.19. The topological polar surface area (TPSA) is 75.6 Å². The Balaban J connectivity index is 2.08. The van der Waals surface area contributed by atoms with Gasteiger partial charge in [-0.25, -0.2) is 0 Å². The smallest absolute Gasteiger partial charge is 0.322 e. The predicted octanol–water partition coefficient (Wildman–Crippen LogP) is 0.794. The number of carboxylic acid groups (broad SMARTS) is 1. The van der Waals surface area contributed by atoms with Crippen molar-refractivity contribution in [1.82, 2.24) is 5.32 Å². The average Bonchev–Trinajstić information content (AvgIpc) is 2.33. The molecule has 17 heavy (non-hydrogen) atoms. The van der Waals surface area contributed by atoms with E-state index in [1.54, 1.807) is 0 Å². The van der Waals surface area contributed by atoms with Gasteiger partial charge in [0, 0.05) is 6.42 Å². The highest BCUT2D eigenvalue weighted by molar-refractivity contribution is 5.81. The Hall–Kier alpha value is -1.88. The summed E-state index contributed by atoms with van der Waals surface area (Å²) >= 11 is 0. The van der Waals surface area contributed by atoms with Gasteiger partial charge in [-0.3, -0.25) is 9.59 Å². The molecule has 0 atom stereocenters. The molecule has 1 aromatic rings. The lowest BCUT2D eigenvalue weighted by atomic mass is 10.2. The number of carboxylic acids is 1. The number of rotatable bonds is 7. The molecule has 0 bridgehead atoms. The van der Waals surface area contributed by atoms with Gasteiger partial charge in [-0.2, -0.15) is 0 Å². The van der Waals surface area contributed by atoms with Crippen LogP contribution in [0.1, 0.15) is 12.0 Å². The molecule has 0 aliphatic heterocycles. The van der Waals surface area contributed by atoms with Crippen LogP contribution >= 0.6 is 0 Å². The van der Waals surface area contributed by atoms with Gasteiger partial charge in [-0.15, -0.1) is 0 Å². The molecule has 5 nitrogen and oxygen atoms in total. The highest BCUT2D eigenvalue weighted by Gasteiger charge is 2.03. The van der Waals surface area contributed by atoms with E-state index in [2.05, 4.69) is 5.32 Å².